The van der Waals surface area contributed by atoms with E-state index in [1.807, 2.05) is 12.1 Å². The number of hydrogen-bond donors (Lipinski definition) is 0. The van der Waals surface area contributed by atoms with E-state index in [-0.39, 0.29) is 0 Å². The molecule has 0 spiro atoms. The van der Waals surface area contributed by atoms with E-state index < -0.39 is 18.2 Å². The minimum absolute atomic E-state index is 0.418. The molecule has 4 heteroatoms. The highest BCUT2D eigenvalue weighted by molar-refractivity contribution is 5.64. The van der Waals surface area contributed by atoms with E-state index in [0.717, 1.165) is 23.3 Å². The fraction of sp³-hybridized carbons (Fsp3) is 0.600. The number of rotatable bonds is 10. The lowest BCUT2D eigenvalue weighted by atomic mass is 9.63. The molecule has 34 heavy (non-hydrogen) atoms. The molecule has 0 radical (unpaired) electrons. The second-order valence-electron chi connectivity index (χ2n) is 10.6. The zero-order valence-electron chi connectivity index (χ0n) is 20.5. The SMILES string of the molecule is CCCCCCCC1CCC2CC(c3ccc(-c4ccc(OC(F)F)c(F)c4)cc3)CCC2C1. The molecule has 0 bridgehead atoms. The molecule has 2 fully saturated rings. The third-order valence-electron chi connectivity index (χ3n) is 8.30. The van der Waals surface area contributed by atoms with E-state index in [4.69, 9.17) is 0 Å². The van der Waals surface area contributed by atoms with Crippen LogP contribution in [0.15, 0.2) is 42.5 Å². The van der Waals surface area contributed by atoms with Crippen LogP contribution in [0.2, 0.25) is 0 Å². The van der Waals surface area contributed by atoms with E-state index in [1.165, 1.54) is 94.7 Å². The van der Waals surface area contributed by atoms with Gasteiger partial charge in [-0.25, -0.2) is 4.39 Å². The molecule has 0 heterocycles. The summed E-state index contributed by atoms with van der Waals surface area (Å²) in [5.41, 5.74) is 2.93. The van der Waals surface area contributed by atoms with Gasteiger partial charge in [0.15, 0.2) is 11.6 Å². The minimum Gasteiger partial charge on any atom is -0.432 e. The summed E-state index contributed by atoms with van der Waals surface area (Å²) in [5, 5.41) is 0. The van der Waals surface area contributed by atoms with Crippen molar-refractivity contribution in [3.05, 3.63) is 53.8 Å². The molecule has 0 aliphatic heterocycles. The molecule has 0 saturated heterocycles. The van der Waals surface area contributed by atoms with Crippen molar-refractivity contribution in [1.29, 1.82) is 0 Å². The summed E-state index contributed by atoms with van der Waals surface area (Å²) >= 11 is 0. The first-order valence-corrected chi connectivity index (χ1v) is 13.4. The molecule has 1 nitrogen and oxygen atoms in total. The topological polar surface area (TPSA) is 9.23 Å². The van der Waals surface area contributed by atoms with E-state index in [0.29, 0.717) is 11.5 Å². The Kier molecular flexibility index (Phi) is 8.97. The number of unbranched alkanes of at least 4 members (excludes halogenated alkanes) is 4. The number of alkyl halides is 2. The average Bonchev–Trinajstić information content (AvgIpc) is 2.84. The lowest BCUT2D eigenvalue weighted by molar-refractivity contribution is -0.0521. The van der Waals surface area contributed by atoms with Gasteiger partial charge in [-0.3, -0.25) is 0 Å². The zero-order chi connectivity index (χ0) is 23.9. The maximum absolute atomic E-state index is 14.1. The summed E-state index contributed by atoms with van der Waals surface area (Å²) in [6.45, 7) is -0.747. The Morgan fingerprint density at radius 1 is 0.824 bits per heavy atom. The summed E-state index contributed by atoms with van der Waals surface area (Å²) in [6, 6.07) is 12.6. The van der Waals surface area contributed by atoms with Crippen molar-refractivity contribution in [2.45, 2.75) is 96.5 Å². The average molecular weight is 473 g/mol. The van der Waals surface area contributed by atoms with Gasteiger partial charge in [0.1, 0.15) is 0 Å². The quantitative estimate of drug-likeness (QED) is 0.313. The Morgan fingerprint density at radius 3 is 2.26 bits per heavy atom. The van der Waals surface area contributed by atoms with Crippen LogP contribution in [0.1, 0.15) is 95.5 Å². The van der Waals surface area contributed by atoms with Crippen LogP contribution in [0.4, 0.5) is 13.2 Å². The smallest absolute Gasteiger partial charge is 0.387 e. The van der Waals surface area contributed by atoms with Crippen LogP contribution in [0, 0.1) is 23.6 Å². The molecule has 2 saturated carbocycles. The van der Waals surface area contributed by atoms with Gasteiger partial charge in [0.05, 0.1) is 0 Å². The number of ether oxygens (including phenoxy) is 1. The maximum atomic E-state index is 14.1. The van der Waals surface area contributed by atoms with E-state index in [1.54, 1.807) is 6.07 Å². The number of halogens is 3. The molecule has 4 atom stereocenters. The Hall–Kier alpha value is -1.97. The van der Waals surface area contributed by atoms with Crippen LogP contribution in [0.3, 0.4) is 0 Å². The molecular weight excluding hydrogens is 433 g/mol. The normalized spacial score (nSPS) is 24.7. The van der Waals surface area contributed by atoms with Gasteiger partial charge in [-0.1, -0.05) is 82.2 Å². The second-order valence-corrected chi connectivity index (χ2v) is 10.6. The van der Waals surface area contributed by atoms with Gasteiger partial charge in [-0.2, -0.15) is 8.78 Å². The van der Waals surface area contributed by atoms with Gasteiger partial charge in [0.2, 0.25) is 0 Å². The Balaban J connectivity index is 1.29. The highest BCUT2D eigenvalue weighted by Gasteiger charge is 2.35. The summed E-state index contributed by atoms with van der Waals surface area (Å²) in [7, 11) is 0. The highest BCUT2D eigenvalue weighted by Crippen LogP contribution is 2.48. The first kappa shape index (κ1) is 25.1. The largest absolute Gasteiger partial charge is 0.432 e. The number of hydrogen-bond acceptors (Lipinski definition) is 1. The molecule has 4 unspecified atom stereocenters. The van der Waals surface area contributed by atoms with Crippen molar-refractivity contribution in [2.24, 2.45) is 17.8 Å². The first-order chi connectivity index (χ1) is 16.5. The van der Waals surface area contributed by atoms with Crippen LogP contribution in [0.5, 0.6) is 5.75 Å². The number of fused-ring (bicyclic) bond motifs is 1. The van der Waals surface area contributed by atoms with Crippen molar-refractivity contribution < 1.29 is 17.9 Å². The van der Waals surface area contributed by atoms with E-state index >= 15 is 0 Å². The predicted octanol–water partition coefficient (Wildman–Crippen LogP) is 9.75. The molecular formula is C30H39F3O. The molecule has 2 aliphatic carbocycles. The van der Waals surface area contributed by atoms with Crippen LogP contribution < -0.4 is 4.74 Å². The second kappa shape index (κ2) is 12.1. The third kappa shape index (κ3) is 6.58. The highest BCUT2D eigenvalue weighted by atomic mass is 19.3. The summed E-state index contributed by atoms with van der Waals surface area (Å²) in [5.74, 6) is 2.17. The van der Waals surface area contributed by atoms with Crippen LogP contribution >= 0.6 is 0 Å². The van der Waals surface area contributed by atoms with Crippen molar-refractivity contribution in [2.75, 3.05) is 0 Å². The van der Waals surface area contributed by atoms with Gasteiger partial charge < -0.3 is 4.74 Å². The molecule has 2 aromatic carbocycles. The molecule has 2 aromatic rings. The summed E-state index contributed by atoms with van der Waals surface area (Å²) in [4.78, 5) is 0. The standard InChI is InChI=1S/C30H39F3O/c1-2-3-4-5-6-7-21-8-9-26-19-25(15-14-24(26)18-21)22-10-12-23(13-11-22)27-16-17-29(28(31)20-27)34-30(32)33/h10-13,16-17,20-21,24-26,30H,2-9,14-15,18-19H2,1H3. The Bertz CT molecular complexity index is 894. The van der Waals surface area contributed by atoms with E-state index in [9.17, 15) is 13.2 Å². The Morgan fingerprint density at radius 2 is 1.53 bits per heavy atom. The predicted molar refractivity (Wildman–Crippen MR) is 133 cm³/mol. The molecule has 0 aromatic heterocycles. The van der Waals surface area contributed by atoms with Crippen LogP contribution in [-0.4, -0.2) is 6.61 Å². The lowest BCUT2D eigenvalue weighted by Gasteiger charge is -2.42. The van der Waals surface area contributed by atoms with E-state index in [2.05, 4.69) is 23.8 Å². The molecule has 0 N–H and O–H groups in total. The summed E-state index contributed by atoms with van der Waals surface area (Å²) in [6.07, 6.45) is 16.5. The number of benzene rings is 2. The molecule has 0 amide bonds. The first-order valence-electron chi connectivity index (χ1n) is 13.4. The zero-order valence-corrected chi connectivity index (χ0v) is 20.5. The van der Waals surface area contributed by atoms with Gasteiger partial charge in [0, 0.05) is 0 Å². The van der Waals surface area contributed by atoms with Crippen LogP contribution in [0.25, 0.3) is 11.1 Å². The fourth-order valence-electron chi connectivity index (χ4n) is 6.41. The van der Waals surface area contributed by atoms with Crippen molar-refractivity contribution in [1.82, 2.24) is 0 Å². The van der Waals surface area contributed by atoms with Gasteiger partial charge in [-0.05, 0) is 84.6 Å². The Labute approximate surface area is 203 Å². The van der Waals surface area contributed by atoms with Crippen molar-refractivity contribution in [3.8, 4) is 16.9 Å². The summed E-state index contributed by atoms with van der Waals surface area (Å²) < 4.78 is 43.1. The maximum Gasteiger partial charge on any atom is 0.387 e. The van der Waals surface area contributed by atoms with Gasteiger partial charge in [0.25, 0.3) is 0 Å². The van der Waals surface area contributed by atoms with Crippen LogP contribution in [-0.2, 0) is 0 Å². The monoisotopic (exact) mass is 472 g/mol. The molecule has 4 rings (SSSR count). The van der Waals surface area contributed by atoms with Gasteiger partial charge >= 0.3 is 6.61 Å². The third-order valence-corrected chi connectivity index (χ3v) is 8.30. The van der Waals surface area contributed by atoms with Crippen molar-refractivity contribution in [3.63, 3.8) is 0 Å². The van der Waals surface area contributed by atoms with Gasteiger partial charge in [-0.15, -0.1) is 0 Å². The fourth-order valence-corrected chi connectivity index (χ4v) is 6.41. The lowest BCUT2D eigenvalue weighted by Crippen LogP contribution is -2.30. The molecule has 2 aliphatic rings. The minimum atomic E-state index is -3.03. The van der Waals surface area contributed by atoms with Crippen molar-refractivity contribution >= 4 is 0 Å². The molecule has 186 valence electrons.